The monoisotopic (exact) mass is 417 g/mol. The number of benzene rings is 2. The molecule has 0 bridgehead atoms. The number of rotatable bonds is 3. The molecule has 0 spiro atoms. The molecule has 0 aliphatic carbocycles. The van der Waals surface area contributed by atoms with Crippen LogP contribution in [0.15, 0.2) is 42.5 Å². The Labute approximate surface area is 171 Å². The van der Waals surface area contributed by atoms with Gasteiger partial charge in [0.05, 0.1) is 17.9 Å². The Kier molecular flexibility index (Phi) is 5.24. The third kappa shape index (κ3) is 3.82. The maximum absolute atomic E-state index is 14.2. The van der Waals surface area contributed by atoms with Crippen molar-refractivity contribution in [1.29, 1.82) is 0 Å². The van der Waals surface area contributed by atoms with Crippen molar-refractivity contribution < 1.29 is 18.7 Å². The predicted octanol–water partition coefficient (Wildman–Crippen LogP) is 4.61. The highest BCUT2D eigenvalue weighted by molar-refractivity contribution is 6.30. The number of amides is 1. The van der Waals surface area contributed by atoms with E-state index < -0.39 is 17.7 Å². The van der Waals surface area contributed by atoms with Gasteiger partial charge in [0.2, 0.25) is 0 Å². The minimum Gasteiger partial charge on any atom is -0.465 e. The Morgan fingerprint density at radius 2 is 1.72 bits per heavy atom. The van der Waals surface area contributed by atoms with Gasteiger partial charge in [0, 0.05) is 41.2 Å². The van der Waals surface area contributed by atoms with E-state index in [1.54, 1.807) is 16.8 Å². The maximum atomic E-state index is 14.2. The van der Waals surface area contributed by atoms with Crippen LogP contribution in [0.25, 0.3) is 11.3 Å². The number of hydrogen-bond donors (Lipinski definition) is 1. The van der Waals surface area contributed by atoms with Gasteiger partial charge in [-0.2, -0.15) is 5.10 Å². The van der Waals surface area contributed by atoms with E-state index >= 15 is 0 Å². The second-order valence-electron chi connectivity index (χ2n) is 6.91. The Hall–Kier alpha value is -2.93. The van der Waals surface area contributed by atoms with Gasteiger partial charge in [-0.3, -0.25) is 4.68 Å². The van der Waals surface area contributed by atoms with Crippen molar-refractivity contribution in [1.82, 2.24) is 14.7 Å². The number of carboxylic acid groups (broad SMARTS) is 1. The molecular weight excluding hydrogens is 400 g/mol. The summed E-state index contributed by atoms with van der Waals surface area (Å²) < 4.78 is 30.1. The van der Waals surface area contributed by atoms with Crippen LogP contribution in [0.3, 0.4) is 0 Å². The fourth-order valence-corrected chi connectivity index (χ4v) is 3.81. The van der Waals surface area contributed by atoms with E-state index in [4.69, 9.17) is 11.6 Å². The molecule has 150 valence electrons. The van der Waals surface area contributed by atoms with E-state index in [2.05, 4.69) is 5.10 Å². The van der Waals surface area contributed by atoms with E-state index in [1.165, 1.54) is 23.1 Å². The first-order valence-electron chi connectivity index (χ1n) is 9.19. The Morgan fingerprint density at radius 3 is 2.38 bits per heavy atom. The van der Waals surface area contributed by atoms with Gasteiger partial charge < -0.3 is 10.0 Å². The summed E-state index contributed by atoms with van der Waals surface area (Å²) in [4.78, 5) is 12.7. The topological polar surface area (TPSA) is 58.4 Å². The van der Waals surface area contributed by atoms with Gasteiger partial charge in [-0.05, 0) is 30.7 Å². The Morgan fingerprint density at radius 1 is 1.07 bits per heavy atom. The van der Waals surface area contributed by atoms with Gasteiger partial charge in [0.25, 0.3) is 0 Å². The lowest BCUT2D eigenvalue weighted by atomic mass is 10.0. The molecule has 29 heavy (non-hydrogen) atoms. The highest BCUT2D eigenvalue weighted by Gasteiger charge is 2.26. The fraction of sp³-hybridized carbons (Fsp3) is 0.238. The van der Waals surface area contributed by atoms with Crippen LogP contribution in [0.1, 0.15) is 16.8 Å². The summed E-state index contributed by atoms with van der Waals surface area (Å²) in [6.07, 6.45) is -0.0570. The summed E-state index contributed by atoms with van der Waals surface area (Å²) in [5.41, 5.74) is 3.12. The molecule has 0 radical (unpaired) electrons. The number of halogens is 3. The van der Waals surface area contributed by atoms with Gasteiger partial charge in [-0.1, -0.05) is 29.8 Å². The van der Waals surface area contributed by atoms with Crippen molar-refractivity contribution >= 4 is 17.7 Å². The van der Waals surface area contributed by atoms with Gasteiger partial charge in [0.15, 0.2) is 0 Å². The van der Waals surface area contributed by atoms with Gasteiger partial charge >= 0.3 is 6.09 Å². The van der Waals surface area contributed by atoms with E-state index in [9.17, 15) is 18.7 Å². The molecule has 2 heterocycles. The number of aromatic nitrogens is 2. The largest absolute Gasteiger partial charge is 0.465 e. The van der Waals surface area contributed by atoms with Crippen molar-refractivity contribution in [2.24, 2.45) is 0 Å². The Balaban J connectivity index is 1.81. The quantitative estimate of drug-likeness (QED) is 0.677. The van der Waals surface area contributed by atoms with Gasteiger partial charge in [-0.25, -0.2) is 13.6 Å². The highest BCUT2D eigenvalue weighted by atomic mass is 35.5. The summed E-state index contributed by atoms with van der Waals surface area (Å²) in [6.45, 7) is 0.599. The number of carbonyl (C=O) groups is 1. The van der Waals surface area contributed by atoms with E-state index in [0.717, 1.165) is 22.5 Å². The van der Waals surface area contributed by atoms with Crippen LogP contribution in [-0.4, -0.2) is 39.0 Å². The Bertz CT molecular complexity index is 1050. The molecule has 3 aromatic rings. The summed E-state index contributed by atoms with van der Waals surface area (Å²) in [6, 6.07) is 10.9. The van der Waals surface area contributed by atoms with Crippen molar-refractivity contribution in [2.45, 2.75) is 19.4 Å². The SMILES string of the molecule is O=C(O)N1CCc2nn(Cc3c(F)cccc3F)c(-c3ccc(Cl)cc3)c2CC1. The molecule has 5 nitrogen and oxygen atoms in total. The molecular formula is C21H18ClF2N3O2. The lowest BCUT2D eigenvalue weighted by molar-refractivity contribution is 0.147. The smallest absolute Gasteiger partial charge is 0.407 e. The number of hydrogen-bond acceptors (Lipinski definition) is 2. The van der Waals surface area contributed by atoms with Crippen LogP contribution in [0.5, 0.6) is 0 Å². The first-order chi connectivity index (χ1) is 13.9. The van der Waals surface area contributed by atoms with Crippen molar-refractivity contribution in [2.75, 3.05) is 13.1 Å². The molecule has 1 aliphatic rings. The second kappa shape index (κ2) is 7.83. The third-order valence-electron chi connectivity index (χ3n) is 5.14. The first-order valence-corrected chi connectivity index (χ1v) is 9.57. The lowest BCUT2D eigenvalue weighted by Gasteiger charge is -2.16. The molecule has 0 saturated carbocycles. The van der Waals surface area contributed by atoms with E-state index in [0.29, 0.717) is 31.0 Å². The predicted molar refractivity (Wildman–Crippen MR) is 105 cm³/mol. The molecule has 8 heteroatoms. The van der Waals surface area contributed by atoms with Crippen LogP contribution in [0, 0.1) is 11.6 Å². The second-order valence-corrected chi connectivity index (χ2v) is 7.34. The minimum absolute atomic E-state index is 0.0625. The molecule has 1 N–H and O–H groups in total. The molecule has 0 atom stereocenters. The van der Waals surface area contributed by atoms with Crippen molar-refractivity contribution in [3.05, 3.63) is 75.9 Å². The van der Waals surface area contributed by atoms with E-state index in [1.807, 2.05) is 12.1 Å². The number of fused-ring (bicyclic) bond motifs is 1. The molecule has 1 aliphatic heterocycles. The zero-order valence-corrected chi connectivity index (χ0v) is 16.2. The summed E-state index contributed by atoms with van der Waals surface area (Å²) >= 11 is 6.01. The van der Waals surface area contributed by atoms with Crippen LogP contribution in [0.2, 0.25) is 5.02 Å². The molecule has 0 unspecified atom stereocenters. The normalized spacial score (nSPS) is 13.8. The van der Waals surface area contributed by atoms with Crippen LogP contribution < -0.4 is 0 Å². The molecule has 1 aromatic heterocycles. The van der Waals surface area contributed by atoms with Crippen molar-refractivity contribution in [3.63, 3.8) is 0 Å². The van der Waals surface area contributed by atoms with Crippen LogP contribution in [0.4, 0.5) is 13.6 Å². The summed E-state index contributed by atoms with van der Waals surface area (Å²) in [5.74, 6) is -1.26. The van der Waals surface area contributed by atoms with Crippen LogP contribution >= 0.6 is 11.6 Å². The summed E-state index contributed by atoms with van der Waals surface area (Å²) in [7, 11) is 0. The first kappa shape index (κ1) is 19.4. The van der Waals surface area contributed by atoms with Crippen molar-refractivity contribution in [3.8, 4) is 11.3 Å². The molecule has 0 saturated heterocycles. The molecule has 2 aromatic carbocycles. The highest BCUT2D eigenvalue weighted by Crippen LogP contribution is 2.31. The standard InChI is InChI=1S/C21H18ClF2N3O2/c22-14-6-4-13(5-7-14)20-15-8-10-26(21(28)29)11-9-19(15)25-27(20)12-16-17(23)2-1-3-18(16)24/h1-7H,8-12H2,(H,28,29). The van der Waals surface area contributed by atoms with E-state index in [-0.39, 0.29) is 12.1 Å². The fourth-order valence-electron chi connectivity index (χ4n) is 3.68. The third-order valence-corrected chi connectivity index (χ3v) is 5.39. The van der Waals surface area contributed by atoms with Gasteiger partial charge in [-0.15, -0.1) is 0 Å². The van der Waals surface area contributed by atoms with Crippen LogP contribution in [-0.2, 0) is 19.4 Å². The van der Waals surface area contributed by atoms with Gasteiger partial charge in [0.1, 0.15) is 11.6 Å². The maximum Gasteiger partial charge on any atom is 0.407 e. The zero-order valence-electron chi connectivity index (χ0n) is 15.4. The average Bonchev–Trinajstić information content (AvgIpc) is 2.88. The zero-order chi connectivity index (χ0) is 20.5. The molecule has 0 fully saturated rings. The molecule has 4 rings (SSSR count). The lowest BCUT2D eigenvalue weighted by Crippen LogP contribution is -2.31. The summed E-state index contributed by atoms with van der Waals surface area (Å²) in [5, 5.41) is 14.5. The number of nitrogens with zero attached hydrogens (tertiary/aromatic N) is 3. The average molecular weight is 418 g/mol. The molecule has 1 amide bonds. The minimum atomic E-state index is -0.968.